The molecule has 0 unspecified atom stereocenters. The number of hydrogen-bond acceptors (Lipinski definition) is 11. The molecular formula is C42H53N7O8. The molecule has 0 bridgehead atoms. The largest absolute Gasteiger partial charge is 0.496 e. The van der Waals surface area contributed by atoms with Crippen LogP contribution in [0.25, 0.3) is 21.9 Å². The number of amides is 3. The van der Waals surface area contributed by atoms with Crippen LogP contribution in [0.3, 0.4) is 0 Å². The summed E-state index contributed by atoms with van der Waals surface area (Å²) < 4.78 is 25.1. The molecule has 1 N–H and O–H groups in total. The van der Waals surface area contributed by atoms with Gasteiger partial charge in [-0.25, -0.2) is 0 Å². The molecule has 6 rings (SSSR count). The first kappa shape index (κ1) is 41.1. The topological polar surface area (TPSA) is 148 Å². The van der Waals surface area contributed by atoms with Crippen molar-refractivity contribution in [3.8, 4) is 28.4 Å². The molecule has 2 fully saturated rings. The standard InChI is InChI=1S/C42H53N7O8/c1-43-40(51)11-15-49(28-50)36-22-29(6-7-37(36)54-3)41(52)48-13-9-31(10-14-48)57-21-20-46-16-18-47(19-17-46)27-35-38(55-4)23-30(24-39(35)56-5)34-26-45(2)42(53)33-25-44-12-8-32(33)34/h6-8,12,22-26,28,31H,9-11,13-21,27H2,1-5H3,(H,43,51). The summed E-state index contributed by atoms with van der Waals surface area (Å²) in [4.78, 5) is 62.1. The number of fused-ring (bicyclic) bond motifs is 1. The number of rotatable bonds is 16. The zero-order valence-electron chi connectivity index (χ0n) is 33.5. The molecule has 4 aromatic rings. The first-order chi connectivity index (χ1) is 27.7. The second-order valence-electron chi connectivity index (χ2n) is 14.3. The summed E-state index contributed by atoms with van der Waals surface area (Å²) in [5.74, 6) is 1.61. The molecule has 3 amide bonds. The van der Waals surface area contributed by atoms with E-state index in [1.807, 2.05) is 29.3 Å². The number of nitrogens with one attached hydrogen (secondary N) is 1. The minimum atomic E-state index is -0.188. The number of hydrogen-bond donors (Lipinski definition) is 1. The fourth-order valence-corrected chi connectivity index (χ4v) is 7.61. The molecule has 0 radical (unpaired) electrons. The minimum Gasteiger partial charge on any atom is -0.496 e. The fourth-order valence-electron chi connectivity index (χ4n) is 7.61. The predicted molar refractivity (Wildman–Crippen MR) is 217 cm³/mol. The maximum atomic E-state index is 13.5. The fraction of sp³-hybridized carbons (Fsp3) is 0.452. The summed E-state index contributed by atoms with van der Waals surface area (Å²) in [6.07, 6.45) is 7.48. The lowest BCUT2D eigenvalue weighted by Crippen LogP contribution is -2.47. The van der Waals surface area contributed by atoms with Crippen LogP contribution in [0.2, 0.25) is 0 Å². The van der Waals surface area contributed by atoms with Gasteiger partial charge in [0.25, 0.3) is 11.5 Å². The molecule has 0 atom stereocenters. The molecule has 2 aliphatic rings. The van der Waals surface area contributed by atoms with E-state index in [1.165, 1.54) is 12.0 Å². The van der Waals surface area contributed by atoms with Crippen LogP contribution in [0.4, 0.5) is 5.69 Å². The summed E-state index contributed by atoms with van der Waals surface area (Å²) in [5.41, 5.74) is 3.58. The van der Waals surface area contributed by atoms with Crippen LogP contribution in [0, 0.1) is 0 Å². The molecule has 2 aromatic heterocycles. The average molecular weight is 784 g/mol. The molecule has 0 spiro atoms. The first-order valence-corrected chi connectivity index (χ1v) is 19.3. The average Bonchev–Trinajstić information content (AvgIpc) is 3.25. The van der Waals surface area contributed by atoms with E-state index >= 15 is 0 Å². The lowest BCUT2D eigenvalue weighted by molar-refractivity contribution is -0.120. The molecule has 0 saturated carbocycles. The van der Waals surface area contributed by atoms with Gasteiger partial charge < -0.3 is 38.6 Å². The minimum absolute atomic E-state index is 0.0790. The van der Waals surface area contributed by atoms with Gasteiger partial charge >= 0.3 is 0 Å². The summed E-state index contributed by atoms with van der Waals surface area (Å²) in [6.45, 7) is 7.04. The molecule has 0 aliphatic carbocycles. The Kier molecular flexibility index (Phi) is 13.8. The highest BCUT2D eigenvalue weighted by molar-refractivity contribution is 5.97. The number of methoxy groups -OCH3 is 3. The Hall–Kier alpha value is -5.51. The lowest BCUT2D eigenvalue weighted by atomic mass is 9.99. The number of likely N-dealkylation sites (tertiary alicyclic amines) is 1. The maximum Gasteiger partial charge on any atom is 0.259 e. The van der Waals surface area contributed by atoms with Crippen LogP contribution < -0.4 is 30.0 Å². The number of nitrogens with zero attached hydrogens (tertiary/aromatic N) is 6. The number of benzene rings is 2. The van der Waals surface area contributed by atoms with Gasteiger partial charge in [-0.3, -0.25) is 34.0 Å². The van der Waals surface area contributed by atoms with Gasteiger partial charge in [-0.2, -0.15) is 0 Å². The molecule has 15 nitrogen and oxygen atoms in total. The summed E-state index contributed by atoms with van der Waals surface area (Å²) in [5, 5.41) is 3.94. The molecule has 4 heterocycles. The van der Waals surface area contributed by atoms with Gasteiger partial charge in [-0.1, -0.05) is 0 Å². The molecule has 2 aromatic carbocycles. The van der Waals surface area contributed by atoms with Crippen molar-refractivity contribution < 1.29 is 33.3 Å². The smallest absolute Gasteiger partial charge is 0.259 e. The monoisotopic (exact) mass is 783 g/mol. The predicted octanol–water partition coefficient (Wildman–Crippen LogP) is 3.16. The maximum absolute atomic E-state index is 13.5. The van der Waals surface area contributed by atoms with Gasteiger partial charge in [-0.15, -0.1) is 0 Å². The zero-order chi connectivity index (χ0) is 40.5. The van der Waals surface area contributed by atoms with Crippen LogP contribution >= 0.6 is 0 Å². The van der Waals surface area contributed by atoms with Crippen molar-refractivity contribution in [1.29, 1.82) is 0 Å². The van der Waals surface area contributed by atoms with Gasteiger partial charge in [0, 0.05) is 109 Å². The number of carbonyl (C=O) groups is 3. The number of piperazine rings is 1. The van der Waals surface area contributed by atoms with Gasteiger partial charge in [0.2, 0.25) is 12.3 Å². The lowest BCUT2D eigenvalue weighted by Gasteiger charge is -2.36. The van der Waals surface area contributed by atoms with Gasteiger partial charge in [0.1, 0.15) is 17.2 Å². The third-order valence-corrected chi connectivity index (χ3v) is 11.0. The van der Waals surface area contributed by atoms with Gasteiger partial charge in [0.15, 0.2) is 0 Å². The molecule has 304 valence electrons. The van der Waals surface area contributed by atoms with Crippen LogP contribution in [0.15, 0.2) is 59.8 Å². The quantitative estimate of drug-likeness (QED) is 0.167. The third kappa shape index (κ3) is 9.55. The van der Waals surface area contributed by atoms with Gasteiger partial charge in [0.05, 0.1) is 50.7 Å². The Bertz CT molecular complexity index is 2080. The van der Waals surface area contributed by atoms with Crippen molar-refractivity contribution in [2.24, 2.45) is 7.05 Å². The zero-order valence-corrected chi connectivity index (χ0v) is 33.5. The Morgan fingerprint density at radius 3 is 2.25 bits per heavy atom. The number of anilines is 1. The van der Waals surface area contributed by atoms with Crippen molar-refractivity contribution in [2.45, 2.75) is 31.9 Å². The summed E-state index contributed by atoms with van der Waals surface area (Å²) in [7, 11) is 8.13. The number of ether oxygens (including phenoxy) is 4. The molecule has 2 aliphatic heterocycles. The Morgan fingerprint density at radius 2 is 1.60 bits per heavy atom. The van der Waals surface area contributed by atoms with E-state index in [1.54, 1.807) is 63.5 Å². The third-order valence-electron chi connectivity index (χ3n) is 11.0. The number of aromatic nitrogens is 2. The van der Waals surface area contributed by atoms with E-state index in [9.17, 15) is 19.2 Å². The number of pyridine rings is 2. The molecule has 57 heavy (non-hydrogen) atoms. The van der Waals surface area contributed by atoms with Crippen LogP contribution in [0.1, 0.15) is 35.2 Å². The highest BCUT2D eigenvalue weighted by Gasteiger charge is 2.27. The van der Waals surface area contributed by atoms with Crippen LogP contribution in [-0.2, 0) is 27.9 Å². The Labute approximate surface area is 333 Å². The van der Waals surface area contributed by atoms with E-state index in [4.69, 9.17) is 18.9 Å². The second-order valence-corrected chi connectivity index (χ2v) is 14.3. The summed E-state index contributed by atoms with van der Waals surface area (Å²) in [6, 6.07) is 10.9. The normalized spacial score (nSPS) is 15.4. The first-order valence-electron chi connectivity index (χ1n) is 19.3. The Morgan fingerprint density at radius 1 is 0.912 bits per heavy atom. The summed E-state index contributed by atoms with van der Waals surface area (Å²) >= 11 is 0. The highest BCUT2D eigenvalue weighted by atomic mass is 16.5. The van der Waals surface area contributed by atoms with E-state index in [-0.39, 0.29) is 36.4 Å². The van der Waals surface area contributed by atoms with Crippen LogP contribution in [-0.4, -0.2) is 136 Å². The van der Waals surface area contributed by atoms with Crippen molar-refractivity contribution in [3.05, 3.63) is 76.5 Å². The van der Waals surface area contributed by atoms with E-state index in [0.29, 0.717) is 55.0 Å². The second kappa shape index (κ2) is 19.1. The van der Waals surface area contributed by atoms with Crippen molar-refractivity contribution in [3.63, 3.8) is 0 Å². The van der Waals surface area contributed by atoms with E-state index < -0.39 is 0 Å². The van der Waals surface area contributed by atoms with Crippen molar-refractivity contribution in [1.82, 2.24) is 29.6 Å². The number of aryl methyl sites for hydroxylation is 1. The SMILES string of the molecule is CNC(=O)CCN(C=O)c1cc(C(=O)N2CCC(OCCN3CCN(Cc4c(OC)cc(-c5cn(C)c(=O)c6cnccc56)cc4OC)CC3)CC2)ccc1OC. The van der Waals surface area contributed by atoms with E-state index in [2.05, 4.69) is 20.1 Å². The molecular weight excluding hydrogens is 731 g/mol. The van der Waals surface area contributed by atoms with Gasteiger partial charge in [-0.05, 0) is 60.2 Å². The number of piperidine rings is 1. The highest BCUT2D eigenvalue weighted by Crippen LogP contribution is 2.38. The van der Waals surface area contributed by atoms with Crippen molar-refractivity contribution >= 4 is 34.7 Å². The molecule has 2 saturated heterocycles. The van der Waals surface area contributed by atoms with Crippen LogP contribution in [0.5, 0.6) is 17.2 Å². The van der Waals surface area contributed by atoms with E-state index in [0.717, 1.165) is 79.1 Å². The Balaban J connectivity index is 0.975. The van der Waals surface area contributed by atoms with Crippen molar-refractivity contribution in [2.75, 3.05) is 92.2 Å². The molecule has 15 heteroatoms. The number of carbonyl (C=O) groups excluding carboxylic acids is 3.